The molecule has 1 heterocycles. The van der Waals surface area contributed by atoms with E-state index in [1.807, 2.05) is 0 Å². The van der Waals surface area contributed by atoms with Gasteiger partial charge < -0.3 is 15.4 Å². The van der Waals surface area contributed by atoms with E-state index in [2.05, 4.69) is 10.2 Å². The Labute approximate surface area is 115 Å². The number of aromatic nitrogens is 2. The molecule has 0 spiro atoms. The third-order valence-electron chi connectivity index (χ3n) is 2.47. The van der Waals surface area contributed by atoms with Crippen LogP contribution < -0.4 is 10.5 Å². The van der Waals surface area contributed by atoms with Crippen molar-refractivity contribution in [3.63, 3.8) is 0 Å². The SMILES string of the molecule is CN(C)C(=O)c1ccc(Oc2c(N)cccc2F)nn1. The lowest BCUT2D eigenvalue weighted by molar-refractivity contribution is 0.0820. The van der Waals surface area contributed by atoms with Gasteiger partial charge in [0.05, 0.1) is 5.69 Å². The van der Waals surface area contributed by atoms with Crippen LogP contribution in [0.2, 0.25) is 0 Å². The molecule has 0 atom stereocenters. The molecule has 0 saturated carbocycles. The van der Waals surface area contributed by atoms with E-state index in [1.54, 1.807) is 14.1 Å². The van der Waals surface area contributed by atoms with Crippen molar-refractivity contribution < 1.29 is 13.9 Å². The van der Waals surface area contributed by atoms with Crippen LogP contribution in [-0.2, 0) is 0 Å². The molecular formula is C13H13FN4O2. The number of rotatable bonds is 3. The molecule has 2 rings (SSSR count). The van der Waals surface area contributed by atoms with Crippen LogP contribution in [0.5, 0.6) is 11.6 Å². The van der Waals surface area contributed by atoms with Crippen molar-refractivity contribution in [2.75, 3.05) is 19.8 Å². The van der Waals surface area contributed by atoms with Crippen molar-refractivity contribution in [2.45, 2.75) is 0 Å². The number of benzene rings is 1. The van der Waals surface area contributed by atoms with Gasteiger partial charge in [-0.05, 0) is 18.2 Å². The van der Waals surface area contributed by atoms with Gasteiger partial charge in [-0.1, -0.05) is 6.07 Å². The Bertz CT molecular complexity index is 609. The van der Waals surface area contributed by atoms with Gasteiger partial charge in [0.2, 0.25) is 5.88 Å². The Hall–Kier alpha value is -2.70. The zero-order valence-corrected chi connectivity index (χ0v) is 11.0. The maximum Gasteiger partial charge on any atom is 0.273 e. The average molecular weight is 276 g/mol. The van der Waals surface area contributed by atoms with Crippen molar-refractivity contribution in [3.05, 3.63) is 41.8 Å². The summed E-state index contributed by atoms with van der Waals surface area (Å²) < 4.78 is 18.8. The molecule has 0 saturated heterocycles. The number of anilines is 1. The van der Waals surface area contributed by atoms with E-state index in [4.69, 9.17) is 10.5 Å². The van der Waals surface area contributed by atoms with Crippen LogP contribution in [0.4, 0.5) is 10.1 Å². The van der Waals surface area contributed by atoms with Crippen LogP contribution in [-0.4, -0.2) is 35.1 Å². The van der Waals surface area contributed by atoms with Gasteiger partial charge in [-0.2, -0.15) is 0 Å². The molecule has 0 radical (unpaired) electrons. The molecule has 0 aliphatic carbocycles. The Morgan fingerprint density at radius 2 is 2.00 bits per heavy atom. The third-order valence-corrected chi connectivity index (χ3v) is 2.47. The minimum atomic E-state index is -0.597. The summed E-state index contributed by atoms with van der Waals surface area (Å²) in [5, 5.41) is 7.44. The summed E-state index contributed by atoms with van der Waals surface area (Å²) in [4.78, 5) is 13.0. The molecule has 0 aliphatic rings. The number of nitrogen functional groups attached to an aromatic ring is 1. The molecule has 2 N–H and O–H groups in total. The van der Waals surface area contributed by atoms with Crippen molar-refractivity contribution >= 4 is 11.6 Å². The largest absolute Gasteiger partial charge is 0.432 e. The molecule has 1 aromatic carbocycles. The number of halogens is 1. The summed E-state index contributed by atoms with van der Waals surface area (Å²) in [6.45, 7) is 0. The van der Waals surface area contributed by atoms with E-state index < -0.39 is 5.82 Å². The van der Waals surface area contributed by atoms with Gasteiger partial charge in [0.1, 0.15) is 0 Å². The minimum absolute atomic E-state index is 0.0529. The van der Waals surface area contributed by atoms with Crippen LogP contribution in [0.1, 0.15) is 10.5 Å². The summed E-state index contributed by atoms with van der Waals surface area (Å²) in [6.07, 6.45) is 0. The first-order valence-electron chi connectivity index (χ1n) is 5.76. The highest BCUT2D eigenvalue weighted by Crippen LogP contribution is 2.28. The number of para-hydroxylation sites is 1. The number of nitrogens with two attached hydrogens (primary N) is 1. The first-order valence-corrected chi connectivity index (χ1v) is 5.76. The molecular weight excluding hydrogens is 263 g/mol. The molecule has 0 aliphatic heterocycles. The Balaban J connectivity index is 2.21. The number of carbonyl (C=O) groups excluding carboxylic acids is 1. The molecule has 7 heteroatoms. The van der Waals surface area contributed by atoms with E-state index in [-0.39, 0.29) is 28.9 Å². The van der Waals surface area contributed by atoms with E-state index in [0.29, 0.717) is 0 Å². The molecule has 20 heavy (non-hydrogen) atoms. The fraction of sp³-hybridized carbons (Fsp3) is 0.154. The van der Waals surface area contributed by atoms with Crippen LogP contribution in [0.3, 0.4) is 0 Å². The van der Waals surface area contributed by atoms with Gasteiger partial charge in [0.15, 0.2) is 17.3 Å². The second-order valence-electron chi connectivity index (χ2n) is 4.22. The van der Waals surface area contributed by atoms with E-state index >= 15 is 0 Å². The van der Waals surface area contributed by atoms with Gasteiger partial charge in [-0.3, -0.25) is 4.79 Å². The average Bonchev–Trinajstić information content (AvgIpc) is 2.43. The first kappa shape index (κ1) is 13.7. The highest BCUT2D eigenvalue weighted by atomic mass is 19.1. The topological polar surface area (TPSA) is 81.3 Å². The Morgan fingerprint density at radius 1 is 1.25 bits per heavy atom. The van der Waals surface area contributed by atoms with Gasteiger partial charge >= 0.3 is 0 Å². The molecule has 0 fully saturated rings. The summed E-state index contributed by atoms with van der Waals surface area (Å²) in [5.74, 6) is -0.944. The molecule has 1 aromatic heterocycles. The lowest BCUT2D eigenvalue weighted by atomic mass is 10.3. The maximum absolute atomic E-state index is 13.5. The number of amides is 1. The molecule has 6 nitrogen and oxygen atoms in total. The lowest BCUT2D eigenvalue weighted by Gasteiger charge is -2.10. The zero-order chi connectivity index (χ0) is 14.7. The van der Waals surface area contributed by atoms with E-state index in [9.17, 15) is 9.18 Å². The lowest BCUT2D eigenvalue weighted by Crippen LogP contribution is -2.23. The van der Waals surface area contributed by atoms with Gasteiger partial charge in [-0.15, -0.1) is 10.2 Å². The Morgan fingerprint density at radius 3 is 2.55 bits per heavy atom. The summed E-state index contributed by atoms with van der Waals surface area (Å²) in [5.41, 5.74) is 5.94. The second kappa shape index (κ2) is 5.52. The van der Waals surface area contributed by atoms with Crippen molar-refractivity contribution in [1.29, 1.82) is 0 Å². The zero-order valence-electron chi connectivity index (χ0n) is 11.0. The molecule has 1 amide bonds. The fourth-order valence-electron chi connectivity index (χ4n) is 1.46. The summed E-state index contributed by atoms with van der Waals surface area (Å²) in [6, 6.07) is 7.08. The monoisotopic (exact) mass is 276 g/mol. The predicted octanol–water partition coefficient (Wildman–Crippen LogP) is 1.69. The van der Waals surface area contributed by atoms with Crippen molar-refractivity contribution in [2.24, 2.45) is 0 Å². The number of nitrogens with zero attached hydrogens (tertiary/aromatic N) is 3. The normalized spacial score (nSPS) is 10.2. The van der Waals surface area contributed by atoms with Crippen molar-refractivity contribution in [3.8, 4) is 11.6 Å². The second-order valence-corrected chi connectivity index (χ2v) is 4.22. The van der Waals surface area contributed by atoms with Crippen LogP contribution in [0, 0.1) is 5.82 Å². The maximum atomic E-state index is 13.5. The predicted molar refractivity (Wildman–Crippen MR) is 70.9 cm³/mol. The number of ether oxygens (including phenoxy) is 1. The third kappa shape index (κ3) is 2.82. The van der Waals surface area contributed by atoms with Crippen LogP contribution in [0.15, 0.2) is 30.3 Å². The van der Waals surface area contributed by atoms with Crippen LogP contribution in [0.25, 0.3) is 0 Å². The number of hydrogen-bond acceptors (Lipinski definition) is 5. The summed E-state index contributed by atoms with van der Waals surface area (Å²) in [7, 11) is 3.21. The summed E-state index contributed by atoms with van der Waals surface area (Å²) >= 11 is 0. The minimum Gasteiger partial charge on any atom is -0.432 e. The standard InChI is InChI=1S/C13H13FN4O2/c1-18(2)13(19)10-6-7-11(17-16-10)20-12-8(14)4-3-5-9(12)15/h3-7H,15H2,1-2H3. The van der Waals surface area contributed by atoms with E-state index in [0.717, 1.165) is 0 Å². The fourth-order valence-corrected chi connectivity index (χ4v) is 1.46. The molecule has 0 bridgehead atoms. The van der Waals surface area contributed by atoms with Gasteiger partial charge in [0, 0.05) is 20.2 Å². The molecule has 104 valence electrons. The number of carbonyl (C=O) groups is 1. The highest BCUT2D eigenvalue weighted by Gasteiger charge is 2.13. The molecule has 2 aromatic rings. The van der Waals surface area contributed by atoms with Gasteiger partial charge in [0.25, 0.3) is 5.91 Å². The van der Waals surface area contributed by atoms with Crippen molar-refractivity contribution in [1.82, 2.24) is 15.1 Å². The van der Waals surface area contributed by atoms with Gasteiger partial charge in [-0.25, -0.2) is 4.39 Å². The molecule has 0 unspecified atom stereocenters. The highest BCUT2D eigenvalue weighted by molar-refractivity contribution is 5.91. The smallest absolute Gasteiger partial charge is 0.273 e. The van der Waals surface area contributed by atoms with Crippen LogP contribution >= 0.6 is 0 Å². The quantitative estimate of drug-likeness (QED) is 0.863. The van der Waals surface area contributed by atoms with E-state index in [1.165, 1.54) is 35.2 Å². The number of hydrogen-bond donors (Lipinski definition) is 1. The first-order chi connectivity index (χ1) is 9.49. The Kier molecular flexibility index (Phi) is 3.79.